The number of piperazine rings is 1. The third kappa shape index (κ3) is 3.17. The van der Waals surface area contributed by atoms with Crippen molar-refractivity contribution in [2.75, 3.05) is 39.9 Å². The molecule has 5 nitrogen and oxygen atoms in total. The lowest BCUT2D eigenvalue weighted by Gasteiger charge is -2.34. The molecule has 22 heavy (non-hydrogen) atoms. The molecule has 6 heteroatoms. The van der Waals surface area contributed by atoms with Crippen molar-refractivity contribution in [2.24, 2.45) is 5.92 Å². The molecule has 0 bridgehead atoms. The first-order valence-electron chi connectivity index (χ1n) is 7.72. The van der Waals surface area contributed by atoms with Gasteiger partial charge in [-0.05, 0) is 25.5 Å². The summed E-state index contributed by atoms with van der Waals surface area (Å²) in [6.45, 7) is 4.73. The monoisotopic (exact) mass is 322 g/mol. The SMILES string of the molecule is COCC(=O)N1CCN(C(=O)[C@@H]2C[C@@H]2c2ccc(C)s2)CC1. The summed E-state index contributed by atoms with van der Waals surface area (Å²) >= 11 is 1.80. The average Bonchev–Trinajstić information content (AvgIpc) is 3.21. The first kappa shape index (κ1) is 15.5. The summed E-state index contributed by atoms with van der Waals surface area (Å²) in [7, 11) is 1.53. The van der Waals surface area contributed by atoms with E-state index in [1.807, 2.05) is 4.90 Å². The van der Waals surface area contributed by atoms with Crippen molar-refractivity contribution in [2.45, 2.75) is 19.3 Å². The van der Waals surface area contributed by atoms with Crippen LogP contribution in [-0.2, 0) is 14.3 Å². The number of hydrogen-bond donors (Lipinski definition) is 0. The lowest BCUT2D eigenvalue weighted by Crippen LogP contribution is -2.51. The highest BCUT2D eigenvalue weighted by Crippen LogP contribution is 2.50. The van der Waals surface area contributed by atoms with Gasteiger partial charge in [-0.2, -0.15) is 0 Å². The van der Waals surface area contributed by atoms with E-state index < -0.39 is 0 Å². The lowest BCUT2D eigenvalue weighted by molar-refractivity contribution is -0.142. The molecule has 1 aliphatic heterocycles. The van der Waals surface area contributed by atoms with Crippen LogP contribution in [0.3, 0.4) is 0 Å². The average molecular weight is 322 g/mol. The normalized spacial score (nSPS) is 24.5. The van der Waals surface area contributed by atoms with Crippen LogP contribution in [0.2, 0.25) is 0 Å². The molecule has 1 aromatic heterocycles. The van der Waals surface area contributed by atoms with Crippen LogP contribution in [0, 0.1) is 12.8 Å². The fourth-order valence-corrected chi connectivity index (χ4v) is 4.12. The third-order valence-electron chi connectivity index (χ3n) is 4.45. The van der Waals surface area contributed by atoms with Gasteiger partial charge < -0.3 is 14.5 Å². The number of nitrogens with zero attached hydrogens (tertiary/aromatic N) is 2. The number of hydrogen-bond acceptors (Lipinski definition) is 4. The van der Waals surface area contributed by atoms with E-state index in [1.165, 1.54) is 16.9 Å². The van der Waals surface area contributed by atoms with Crippen LogP contribution >= 0.6 is 11.3 Å². The highest BCUT2D eigenvalue weighted by atomic mass is 32.1. The Hall–Kier alpha value is -1.40. The predicted molar refractivity (Wildman–Crippen MR) is 84.9 cm³/mol. The van der Waals surface area contributed by atoms with E-state index in [0.29, 0.717) is 32.1 Å². The molecule has 2 atom stereocenters. The second-order valence-electron chi connectivity index (χ2n) is 6.04. The molecule has 3 rings (SSSR count). The van der Waals surface area contributed by atoms with Gasteiger partial charge in [0.2, 0.25) is 11.8 Å². The molecule has 120 valence electrons. The van der Waals surface area contributed by atoms with Crippen molar-refractivity contribution in [3.8, 4) is 0 Å². The zero-order chi connectivity index (χ0) is 15.7. The molecule has 1 saturated heterocycles. The molecular formula is C16H22N2O3S. The van der Waals surface area contributed by atoms with Crippen LogP contribution in [0.4, 0.5) is 0 Å². The number of rotatable bonds is 4. The van der Waals surface area contributed by atoms with Gasteiger partial charge in [-0.1, -0.05) is 0 Å². The quantitative estimate of drug-likeness (QED) is 0.844. The molecule has 0 radical (unpaired) electrons. The van der Waals surface area contributed by atoms with Crippen LogP contribution in [0.25, 0.3) is 0 Å². The van der Waals surface area contributed by atoms with Gasteiger partial charge in [0, 0.05) is 54.9 Å². The molecule has 2 aliphatic rings. The summed E-state index contributed by atoms with van der Waals surface area (Å²) in [4.78, 5) is 30.7. The zero-order valence-corrected chi connectivity index (χ0v) is 13.9. The molecule has 0 N–H and O–H groups in total. The molecule has 0 aromatic carbocycles. The Morgan fingerprint density at radius 2 is 1.91 bits per heavy atom. The topological polar surface area (TPSA) is 49.9 Å². The predicted octanol–water partition coefficient (Wildman–Crippen LogP) is 1.48. The van der Waals surface area contributed by atoms with E-state index in [4.69, 9.17) is 4.74 Å². The van der Waals surface area contributed by atoms with Crippen molar-refractivity contribution < 1.29 is 14.3 Å². The maximum atomic E-state index is 12.6. The van der Waals surface area contributed by atoms with Gasteiger partial charge in [-0.25, -0.2) is 0 Å². The minimum atomic E-state index is 0.00737. The number of aryl methyl sites for hydroxylation is 1. The largest absolute Gasteiger partial charge is 0.375 e. The van der Waals surface area contributed by atoms with Gasteiger partial charge >= 0.3 is 0 Å². The first-order valence-corrected chi connectivity index (χ1v) is 8.53. The fraction of sp³-hybridized carbons (Fsp3) is 0.625. The summed E-state index contributed by atoms with van der Waals surface area (Å²) in [5, 5.41) is 0. The number of amides is 2. The third-order valence-corrected chi connectivity index (χ3v) is 5.58. The Kier molecular flexibility index (Phi) is 4.49. The molecule has 1 aromatic rings. The van der Waals surface area contributed by atoms with Crippen LogP contribution < -0.4 is 0 Å². The molecule has 2 heterocycles. The van der Waals surface area contributed by atoms with Gasteiger partial charge in [0.1, 0.15) is 6.61 Å². The highest BCUT2D eigenvalue weighted by molar-refractivity contribution is 7.12. The molecule has 2 fully saturated rings. The summed E-state index contributed by atoms with van der Waals surface area (Å²) in [6, 6.07) is 4.28. The van der Waals surface area contributed by atoms with E-state index >= 15 is 0 Å². The Balaban J connectivity index is 1.50. The van der Waals surface area contributed by atoms with Gasteiger partial charge in [0.15, 0.2) is 0 Å². The Labute approximate surface area is 134 Å². The minimum Gasteiger partial charge on any atom is -0.375 e. The van der Waals surface area contributed by atoms with E-state index in [-0.39, 0.29) is 24.3 Å². The summed E-state index contributed by atoms with van der Waals surface area (Å²) < 4.78 is 4.87. The Bertz CT molecular complexity index is 563. The van der Waals surface area contributed by atoms with Gasteiger partial charge in [0.05, 0.1) is 0 Å². The van der Waals surface area contributed by atoms with Crippen molar-refractivity contribution >= 4 is 23.2 Å². The second kappa shape index (κ2) is 6.38. The maximum Gasteiger partial charge on any atom is 0.248 e. The Morgan fingerprint density at radius 1 is 1.23 bits per heavy atom. The summed E-state index contributed by atoms with van der Waals surface area (Å²) in [5.41, 5.74) is 0. The van der Waals surface area contributed by atoms with Gasteiger partial charge in [-0.15, -0.1) is 11.3 Å². The molecule has 0 spiro atoms. The van der Waals surface area contributed by atoms with Crippen molar-refractivity contribution in [3.05, 3.63) is 21.9 Å². The fourth-order valence-electron chi connectivity index (χ4n) is 3.06. The number of carbonyl (C=O) groups is 2. The Morgan fingerprint density at radius 3 is 2.50 bits per heavy atom. The van der Waals surface area contributed by atoms with Crippen molar-refractivity contribution in [1.29, 1.82) is 0 Å². The van der Waals surface area contributed by atoms with E-state index in [2.05, 4.69) is 19.1 Å². The van der Waals surface area contributed by atoms with Gasteiger partial charge in [0.25, 0.3) is 0 Å². The second-order valence-corrected chi connectivity index (χ2v) is 7.36. The number of thiophene rings is 1. The molecular weight excluding hydrogens is 300 g/mol. The number of methoxy groups -OCH3 is 1. The number of ether oxygens (including phenoxy) is 1. The van der Waals surface area contributed by atoms with Crippen LogP contribution in [0.5, 0.6) is 0 Å². The van der Waals surface area contributed by atoms with Crippen molar-refractivity contribution in [1.82, 2.24) is 9.80 Å². The van der Waals surface area contributed by atoms with Crippen LogP contribution in [0.1, 0.15) is 22.1 Å². The summed E-state index contributed by atoms with van der Waals surface area (Å²) in [5.74, 6) is 0.835. The van der Waals surface area contributed by atoms with E-state index in [0.717, 1.165) is 6.42 Å². The van der Waals surface area contributed by atoms with Crippen molar-refractivity contribution in [3.63, 3.8) is 0 Å². The smallest absolute Gasteiger partial charge is 0.248 e. The molecule has 1 aliphatic carbocycles. The van der Waals surface area contributed by atoms with E-state index in [9.17, 15) is 9.59 Å². The molecule has 0 unspecified atom stereocenters. The lowest BCUT2D eigenvalue weighted by atomic mass is 10.2. The standard InChI is InChI=1S/C16H22N2O3S/c1-11-3-4-14(22-11)12-9-13(12)16(20)18-7-5-17(6-8-18)15(19)10-21-2/h3-4,12-13H,5-10H2,1-2H3/t12-,13+/m0/s1. The molecule has 1 saturated carbocycles. The van der Waals surface area contributed by atoms with Gasteiger partial charge in [-0.3, -0.25) is 9.59 Å². The van der Waals surface area contributed by atoms with Crippen LogP contribution in [0.15, 0.2) is 12.1 Å². The minimum absolute atomic E-state index is 0.00737. The number of carbonyl (C=O) groups excluding carboxylic acids is 2. The summed E-state index contributed by atoms with van der Waals surface area (Å²) in [6.07, 6.45) is 0.974. The highest BCUT2D eigenvalue weighted by Gasteiger charge is 2.46. The first-order chi connectivity index (χ1) is 10.6. The molecule has 2 amide bonds. The maximum absolute atomic E-state index is 12.6. The van der Waals surface area contributed by atoms with E-state index in [1.54, 1.807) is 16.2 Å². The zero-order valence-electron chi connectivity index (χ0n) is 13.1. The van der Waals surface area contributed by atoms with Crippen LogP contribution in [-0.4, -0.2) is 61.5 Å².